The summed E-state index contributed by atoms with van der Waals surface area (Å²) in [6, 6.07) is 8.89. The second-order valence-electron chi connectivity index (χ2n) is 4.49. The molecular weight excluding hydrogens is 270 g/mol. The third kappa shape index (κ3) is 6.72. The largest absolute Gasteiger partial charge is 0.467 e. The standard InChI is InChI=1S/C16H21NO4/c1-3-4-10-14(16(19)20-2)17-15(18)12-21-11-13-8-6-5-7-9-13/h3,5-9,14H,1,4,10-12H2,2H3,(H,17,18)/t14-/m0/s1. The second kappa shape index (κ2) is 9.72. The van der Waals surface area contributed by atoms with E-state index in [1.807, 2.05) is 30.3 Å². The molecule has 0 saturated heterocycles. The van der Waals surface area contributed by atoms with Gasteiger partial charge >= 0.3 is 5.97 Å². The first-order chi connectivity index (χ1) is 10.2. The van der Waals surface area contributed by atoms with Crippen LogP contribution in [0.2, 0.25) is 0 Å². The molecule has 0 unspecified atom stereocenters. The van der Waals surface area contributed by atoms with Gasteiger partial charge in [0.1, 0.15) is 12.6 Å². The number of carbonyl (C=O) groups is 2. The number of benzene rings is 1. The average Bonchev–Trinajstić information content (AvgIpc) is 2.51. The summed E-state index contributed by atoms with van der Waals surface area (Å²) in [4.78, 5) is 23.3. The van der Waals surface area contributed by atoms with Gasteiger partial charge in [-0.25, -0.2) is 4.79 Å². The molecule has 0 aliphatic carbocycles. The van der Waals surface area contributed by atoms with Gasteiger partial charge in [-0.2, -0.15) is 0 Å². The Kier molecular flexibility index (Phi) is 7.82. The molecule has 1 N–H and O–H groups in total. The Hall–Kier alpha value is -2.14. The van der Waals surface area contributed by atoms with Crippen LogP contribution in [0, 0.1) is 0 Å². The molecular formula is C16H21NO4. The molecule has 0 aromatic heterocycles. The first kappa shape index (κ1) is 16.9. The Morgan fingerprint density at radius 3 is 2.67 bits per heavy atom. The molecule has 0 aliphatic rings. The summed E-state index contributed by atoms with van der Waals surface area (Å²) in [5, 5.41) is 2.60. The minimum atomic E-state index is -0.666. The number of hydrogen-bond acceptors (Lipinski definition) is 4. The van der Waals surface area contributed by atoms with Gasteiger partial charge in [-0.15, -0.1) is 6.58 Å². The van der Waals surface area contributed by atoms with E-state index in [4.69, 9.17) is 4.74 Å². The molecule has 0 saturated carbocycles. The quantitative estimate of drug-likeness (QED) is 0.557. The molecule has 0 bridgehead atoms. The van der Waals surface area contributed by atoms with Crippen molar-refractivity contribution >= 4 is 11.9 Å². The highest BCUT2D eigenvalue weighted by atomic mass is 16.5. The number of rotatable bonds is 9. The summed E-state index contributed by atoms with van der Waals surface area (Å²) < 4.78 is 9.97. The van der Waals surface area contributed by atoms with Crippen molar-refractivity contribution in [3.05, 3.63) is 48.6 Å². The van der Waals surface area contributed by atoms with Gasteiger partial charge in [0, 0.05) is 0 Å². The highest BCUT2D eigenvalue weighted by Crippen LogP contribution is 2.02. The Balaban J connectivity index is 2.35. The lowest BCUT2D eigenvalue weighted by molar-refractivity contribution is -0.145. The van der Waals surface area contributed by atoms with Crippen molar-refractivity contribution in [3.8, 4) is 0 Å². The molecule has 1 aromatic carbocycles. The average molecular weight is 291 g/mol. The van der Waals surface area contributed by atoms with E-state index in [9.17, 15) is 9.59 Å². The predicted octanol–water partition coefficient (Wildman–Crippen LogP) is 1.83. The van der Waals surface area contributed by atoms with Crippen LogP contribution in [-0.4, -0.2) is 31.6 Å². The third-order valence-corrected chi connectivity index (χ3v) is 2.83. The number of carbonyl (C=O) groups excluding carboxylic acids is 2. The zero-order valence-electron chi connectivity index (χ0n) is 12.2. The topological polar surface area (TPSA) is 64.6 Å². The Morgan fingerprint density at radius 1 is 1.33 bits per heavy atom. The molecule has 0 radical (unpaired) electrons. The maximum absolute atomic E-state index is 11.8. The Morgan fingerprint density at radius 2 is 2.05 bits per heavy atom. The number of nitrogens with one attached hydrogen (secondary N) is 1. The lowest BCUT2D eigenvalue weighted by Crippen LogP contribution is -2.43. The first-order valence-corrected chi connectivity index (χ1v) is 6.77. The highest BCUT2D eigenvalue weighted by molar-refractivity contribution is 5.85. The number of allylic oxidation sites excluding steroid dienone is 1. The van der Waals surface area contributed by atoms with Gasteiger partial charge in [0.15, 0.2) is 0 Å². The number of ether oxygens (including phenoxy) is 2. The van der Waals surface area contributed by atoms with Crippen molar-refractivity contribution in [2.45, 2.75) is 25.5 Å². The van der Waals surface area contributed by atoms with Crippen molar-refractivity contribution in [2.24, 2.45) is 0 Å². The molecule has 5 heteroatoms. The van der Waals surface area contributed by atoms with Crippen molar-refractivity contribution < 1.29 is 19.1 Å². The van der Waals surface area contributed by atoms with Crippen molar-refractivity contribution in [2.75, 3.05) is 13.7 Å². The minimum Gasteiger partial charge on any atom is -0.467 e. The van der Waals surface area contributed by atoms with Crippen LogP contribution >= 0.6 is 0 Å². The zero-order valence-corrected chi connectivity index (χ0v) is 12.2. The van der Waals surface area contributed by atoms with Crippen molar-refractivity contribution in [3.63, 3.8) is 0 Å². The van der Waals surface area contributed by atoms with E-state index in [1.54, 1.807) is 6.08 Å². The molecule has 0 spiro atoms. The lowest BCUT2D eigenvalue weighted by atomic mass is 10.1. The summed E-state index contributed by atoms with van der Waals surface area (Å²) in [7, 11) is 1.29. The number of hydrogen-bond donors (Lipinski definition) is 1. The molecule has 5 nitrogen and oxygen atoms in total. The van der Waals surface area contributed by atoms with Gasteiger partial charge in [-0.1, -0.05) is 36.4 Å². The predicted molar refractivity (Wildman–Crippen MR) is 79.5 cm³/mol. The maximum Gasteiger partial charge on any atom is 0.328 e. The summed E-state index contributed by atoms with van der Waals surface area (Å²) in [6.07, 6.45) is 2.76. The van der Waals surface area contributed by atoms with E-state index in [0.29, 0.717) is 19.4 Å². The van der Waals surface area contributed by atoms with E-state index in [1.165, 1.54) is 7.11 Å². The Labute approximate surface area is 124 Å². The maximum atomic E-state index is 11.8. The smallest absolute Gasteiger partial charge is 0.328 e. The fraction of sp³-hybridized carbons (Fsp3) is 0.375. The van der Waals surface area contributed by atoms with Crippen molar-refractivity contribution in [1.82, 2.24) is 5.32 Å². The number of amides is 1. The molecule has 1 rings (SSSR count). The summed E-state index contributed by atoms with van der Waals surface area (Å²) in [5.41, 5.74) is 0.987. The van der Waals surface area contributed by atoms with E-state index in [-0.39, 0.29) is 12.5 Å². The van der Waals surface area contributed by atoms with Crippen LogP contribution < -0.4 is 5.32 Å². The van der Waals surface area contributed by atoms with Crippen LogP contribution in [0.25, 0.3) is 0 Å². The summed E-state index contributed by atoms with van der Waals surface area (Å²) in [6.45, 7) is 3.84. The molecule has 114 valence electrons. The van der Waals surface area contributed by atoms with Crippen LogP contribution in [0.1, 0.15) is 18.4 Å². The van der Waals surface area contributed by atoms with E-state index in [0.717, 1.165) is 5.56 Å². The zero-order chi connectivity index (χ0) is 15.5. The molecule has 1 amide bonds. The lowest BCUT2D eigenvalue weighted by Gasteiger charge is -2.15. The SMILES string of the molecule is C=CCC[C@H](NC(=O)COCc1ccccc1)C(=O)OC. The monoisotopic (exact) mass is 291 g/mol. The normalized spacial score (nSPS) is 11.5. The molecule has 1 aromatic rings. The molecule has 0 fully saturated rings. The van der Waals surface area contributed by atoms with Crippen LogP contribution in [-0.2, 0) is 25.7 Å². The van der Waals surface area contributed by atoms with Gasteiger partial charge in [0.2, 0.25) is 5.91 Å². The fourth-order valence-electron chi connectivity index (χ4n) is 1.75. The second-order valence-corrected chi connectivity index (χ2v) is 4.49. The Bertz CT molecular complexity index is 459. The van der Waals surface area contributed by atoms with E-state index in [2.05, 4.69) is 16.6 Å². The molecule has 1 atom stereocenters. The van der Waals surface area contributed by atoms with Crippen LogP contribution in [0.3, 0.4) is 0 Å². The molecule has 21 heavy (non-hydrogen) atoms. The van der Waals surface area contributed by atoms with E-state index < -0.39 is 12.0 Å². The summed E-state index contributed by atoms with van der Waals surface area (Å²) >= 11 is 0. The number of methoxy groups -OCH3 is 1. The minimum absolute atomic E-state index is 0.101. The van der Waals surface area contributed by atoms with Crippen LogP contribution in [0.15, 0.2) is 43.0 Å². The molecule has 0 aliphatic heterocycles. The van der Waals surface area contributed by atoms with Gasteiger partial charge in [-0.3, -0.25) is 4.79 Å². The van der Waals surface area contributed by atoms with E-state index >= 15 is 0 Å². The van der Waals surface area contributed by atoms with Gasteiger partial charge in [-0.05, 0) is 18.4 Å². The third-order valence-electron chi connectivity index (χ3n) is 2.83. The molecule has 0 heterocycles. The van der Waals surface area contributed by atoms with Gasteiger partial charge < -0.3 is 14.8 Å². The van der Waals surface area contributed by atoms with Crippen LogP contribution in [0.5, 0.6) is 0 Å². The van der Waals surface area contributed by atoms with Gasteiger partial charge in [0.05, 0.1) is 13.7 Å². The summed E-state index contributed by atoms with van der Waals surface area (Å²) in [5.74, 6) is -0.807. The fourth-order valence-corrected chi connectivity index (χ4v) is 1.75. The van der Waals surface area contributed by atoms with Crippen LogP contribution in [0.4, 0.5) is 0 Å². The number of esters is 1. The van der Waals surface area contributed by atoms with Gasteiger partial charge in [0.25, 0.3) is 0 Å². The first-order valence-electron chi connectivity index (χ1n) is 6.77. The van der Waals surface area contributed by atoms with Crippen molar-refractivity contribution in [1.29, 1.82) is 0 Å². The highest BCUT2D eigenvalue weighted by Gasteiger charge is 2.20.